The van der Waals surface area contributed by atoms with Crippen molar-refractivity contribution in [1.82, 2.24) is 39.8 Å². The number of hydrogen-bond acceptors (Lipinski definition) is 14. The van der Waals surface area contributed by atoms with Crippen molar-refractivity contribution in [3.8, 4) is 11.1 Å². The standard InChI is InChI=1S/C41H55N9O10S2/c1-42-15-3-21-58-23-25-60-26-24-59-22-4-17-48-61(54,55)35-10-5-31(6-11-35)32-7-12-36(13-8-32)62(56,57)49-37(39(52)30-51)29-46-40(53)33-9-14-38-34(27-33)28-47-50(38)20-2-16-43-41-44-18-19-45-41/h5-14,18-19,27-28,37,42,48-49,51H,2-4,15-17,20-26,29-30H2,1H3,(H,46,53)(H2,43,44,45). The molecule has 1 atom stereocenters. The van der Waals surface area contributed by atoms with Gasteiger partial charge in [0, 0.05) is 62.7 Å². The van der Waals surface area contributed by atoms with Gasteiger partial charge < -0.3 is 40.3 Å². The van der Waals surface area contributed by atoms with Crippen molar-refractivity contribution in [2.75, 3.05) is 84.8 Å². The number of nitrogens with zero attached hydrogens (tertiary/aromatic N) is 3. The summed E-state index contributed by atoms with van der Waals surface area (Å²) in [6.07, 6.45) is 7.22. The lowest BCUT2D eigenvalue weighted by atomic mass is 10.1. The van der Waals surface area contributed by atoms with Crippen LogP contribution in [0.4, 0.5) is 5.95 Å². The van der Waals surface area contributed by atoms with E-state index in [1.165, 1.54) is 24.3 Å². The average Bonchev–Trinajstić information content (AvgIpc) is 3.96. The highest BCUT2D eigenvalue weighted by Crippen LogP contribution is 2.23. The van der Waals surface area contributed by atoms with Gasteiger partial charge in [-0.3, -0.25) is 14.3 Å². The van der Waals surface area contributed by atoms with Gasteiger partial charge in [0.2, 0.25) is 20.0 Å². The summed E-state index contributed by atoms with van der Waals surface area (Å²) < 4.78 is 75.5. The molecule has 0 aliphatic rings. The van der Waals surface area contributed by atoms with Gasteiger partial charge >= 0.3 is 0 Å². The number of aryl methyl sites for hydroxylation is 1. The Labute approximate surface area is 361 Å². The second kappa shape index (κ2) is 24.5. The molecule has 19 nitrogen and oxygen atoms in total. The Morgan fingerprint density at radius 3 is 2.03 bits per heavy atom. The number of ketones is 1. The van der Waals surface area contributed by atoms with E-state index in [9.17, 15) is 31.5 Å². The number of rotatable bonds is 30. The number of carbonyl (C=O) groups is 2. The predicted octanol–water partition coefficient (Wildman–Crippen LogP) is 1.89. The van der Waals surface area contributed by atoms with Crippen LogP contribution >= 0.6 is 0 Å². The quantitative estimate of drug-likeness (QED) is 0.0325. The third-order valence-electron chi connectivity index (χ3n) is 9.43. The molecular weight excluding hydrogens is 843 g/mol. The molecule has 0 radical (unpaired) electrons. The lowest BCUT2D eigenvalue weighted by Crippen LogP contribution is -2.49. The van der Waals surface area contributed by atoms with Crippen molar-refractivity contribution in [2.45, 2.75) is 41.6 Å². The van der Waals surface area contributed by atoms with Gasteiger partial charge in [0.1, 0.15) is 12.6 Å². The number of aliphatic hydroxyl groups is 1. The summed E-state index contributed by atoms with van der Waals surface area (Å²) in [7, 11) is -6.17. The van der Waals surface area contributed by atoms with Gasteiger partial charge in [-0.1, -0.05) is 24.3 Å². The molecule has 0 saturated carbocycles. The number of sulfonamides is 2. The first-order valence-corrected chi connectivity index (χ1v) is 23.2. The minimum atomic E-state index is -4.29. The fourth-order valence-corrected chi connectivity index (χ4v) is 8.39. The zero-order valence-electron chi connectivity index (χ0n) is 34.5. The Morgan fingerprint density at radius 2 is 1.42 bits per heavy atom. The Kier molecular flexibility index (Phi) is 19.0. The van der Waals surface area contributed by atoms with Crippen molar-refractivity contribution in [3.05, 3.63) is 90.9 Å². The molecule has 7 N–H and O–H groups in total. The van der Waals surface area contributed by atoms with E-state index in [-0.39, 0.29) is 21.9 Å². The summed E-state index contributed by atoms with van der Waals surface area (Å²) >= 11 is 0. The van der Waals surface area contributed by atoms with Gasteiger partial charge in [0.05, 0.1) is 47.9 Å². The lowest BCUT2D eigenvalue weighted by Gasteiger charge is -2.18. The van der Waals surface area contributed by atoms with Gasteiger partial charge in [-0.15, -0.1) is 0 Å². The van der Waals surface area contributed by atoms with Crippen LogP contribution in [0.1, 0.15) is 29.6 Å². The zero-order chi connectivity index (χ0) is 44.2. The maximum Gasteiger partial charge on any atom is 0.251 e. The summed E-state index contributed by atoms with van der Waals surface area (Å²) in [5, 5.41) is 23.6. The molecule has 21 heteroatoms. The van der Waals surface area contributed by atoms with Crippen LogP contribution in [0.2, 0.25) is 0 Å². The van der Waals surface area contributed by atoms with E-state index in [0.717, 1.165) is 30.3 Å². The number of H-pyrrole nitrogens is 1. The van der Waals surface area contributed by atoms with Crippen LogP contribution < -0.4 is 25.4 Å². The van der Waals surface area contributed by atoms with Crippen LogP contribution in [0.3, 0.4) is 0 Å². The molecule has 0 aliphatic carbocycles. The number of aromatic nitrogens is 4. The van der Waals surface area contributed by atoms with E-state index in [2.05, 4.69) is 40.5 Å². The number of aliphatic hydroxyl groups excluding tert-OH is 1. The Bertz CT molecular complexity index is 2360. The Hall–Kier alpha value is -5.10. The topological polar surface area (TPSA) is 257 Å². The van der Waals surface area contributed by atoms with Gasteiger partial charge in [-0.25, -0.2) is 26.5 Å². The third-order valence-corrected chi connectivity index (χ3v) is 12.4. The zero-order valence-corrected chi connectivity index (χ0v) is 36.2. The summed E-state index contributed by atoms with van der Waals surface area (Å²) in [5.41, 5.74) is 2.35. The number of aromatic amines is 1. The number of carbonyl (C=O) groups excluding carboxylic acids is 2. The van der Waals surface area contributed by atoms with E-state index in [1.54, 1.807) is 61.1 Å². The maximum absolute atomic E-state index is 13.4. The number of ether oxygens (including phenoxy) is 3. The molecule has 5 aromatic rings. The first-order chi connectivity index (χ1) is 30.0. The molecule has 1 amide bonds. The highest BCUT2D eigenvalue weighted by molar-refractivity contribution is 7.89. The minimum absolute atomic E-state index is 0.0667. The molecule has 0 spiro atoms. The average molecular weight is 898 g/mol. The highest BCUT2D eigenvalue weighted by atomic mass is 32.2. The van der Waals surface area contributed by atoms with Crippen LogP contribution in [0.5, 0.6) is 0 Å². The third kappa shape index (κ3) is 14.8. The normalized spacial score (nSPS) is 12.4. The van der Waals surface area contributed by atoms with Gasteiger partial charge in [0.15, 0.2) is 11.7 Å². The SMILES string of the molecule is CNCCCOCCOCCOCCCNS(=O)(=O)c1ccc(-c2ccc(S(=O)(=O)NC(CNC(=O)c3ccc4c(cnn4CCCNc4ncc[nH]4)c3)C(=O)CO)cc2)cc1. The lowest BCUT2D eigenvalue weighted by molar-refractivity contribution is -0.123. The number of hydrogen-bond donors (Lipinski definition) is 7. The largest absolute Gasteiger partial charge is 0.389 e. The monoisotopic (exact) mass is 897 g/mol. The predicted molar refractivity (Wildman–Crippen MR) is 233 cm³/mol. The molecule has 3 aromatic carbocycles. The number of amides is 1. The smallest absolute Gasteiger partial charge is 0.251 e. The van der Waals surface area contributed by atoms with Crippen molar-refractivity contribution in [3.63, 3.8) is 0 Å². The van der Waals surface area contributed by atoms with Crippen LogP contribution in [0.15, 0.2) is 95.1 Å². The summed E-state index contributed by atoms with van der Waals surface area (Å²) in [6, 6.07) is 15.5. The fourth-order valence-electron chi connectivity index (χ4n) is 6.10. The molecule has 0 saturated heterocycles. The van der Waals surface area contributed by atoms with Crippen molar-refractivity contribution in [2.24, 2.45) is 0 Å². The fraction of sp³-hybridized carbons (Fsp3) is 0.415. The molecule has 0 bridgehead atoms. The molecule has 5 rings (SSSR count). The maximum atomic E-state index is 13.4. The van der Waals surface area contributed by atoms with E-state index in [0.29, 0.717) is 76.2 Å². The first-order valence-electron chi connectivity index (χ1n) is 20.2. The van der Waals surface area contributed by atoms with E-state index >= 15 is 0 Å². The number of Topliss-reactive ketones (excluding diaryl/α,β-unsaturated/α-hetero) is 1. The summed E-state index contributed by atoms with van der Waals surface area (Å²) in [5.74, 6) is -0.703. The van der Waals surface area contributed by atoms with Gasteiger partial charge in [0.25, 0.3) is 5.91 Å². The molecule has 336 valence electrons. The van der Waals surface area contributed by atoms with Crippen LogP contribution in [0, 0.1) is 0 Å². The second-order valence-electron chi connectivity index (χ2n) is 14.0. The number of benzene rings is 3. The Morgan fingerprint density at radius 1 is 0.790 bits per heavy atom. The van der Waals surface area contributed by atoms with E-state index in [4.69, 9.17) is 14.2 Å². The Balaban J connectivity index is 1.05. The number of nitrogens with one attached hydrogen (secondary N) is 6. The minimum Gasteiger partial charge on any atom is -0.389 e. The highest BCUT2D eigenvalue weighted by Gasteiger charge is 2.26. The summed E-state index contributed by atoms with van der Waals surface area (Å²) in [6.45, 7) is 3.87. The van der Waals surface area contributed by atoms with Crippen LogP contribution in [0.25, 0.3) is 22.0 Å². The van der Waals surface area contributed by atoms with Crippen LogP contribution in [-0.2, 0) is 45.6 Å². The van der Waals surface area contributed by atoms with E-state index in [1.807, 2.05) is 11.7 Å². The molecule has 1 unspecified atom stereocenters. The molecule has 2 heterocycles. The van der Waals surface area contributed by atoms with Gasteiger partial charge in [-0.2, -0.15) is 9.82 Å². The molecule has 0 aliphatic heterocycles. The number of fused-ring (bicyclic) bond motifs is 1. The van der Waals surface area contributed by atoms with Crippen LogP contribution in [-0.4, -0.2) is 139 Å². The van der Waals surface area contributed by atoms with E-state index < -0.39 is 50.9 Å². The second-order valence-corrected chi connectivity index (χ2v) is 17.4. The molecular formula is C41H55N9O10S2. The number of anilines is 1. The number of imidazole rings is 1. The molecule has 2 aromatic heterocycles. The van der Waals surface area contributed by atoms with Crippen molar-refractivity contribution < 1.29 is 45.7 Å². The van der Waals surface area contributed by atoms with Crippen molar-refractivity contribution >= 4 is 48.6 Å². The summed E-state index contributed by atoms with van der Waals surface area (Å²) in [4.78, 5) is 32.7. The molecule has 0 fully saturated rings. The first kappa shape index (κ1) is 47.9. The van der Waals surface area contributed by atoms with Crippen molar-refractivity contribution in [1.29, 1.82) is 0 Å². The van der Waals surface area contributed by atoms with Gasteiger partial charge in [-0.05, 0) is 86.4 Å². The molecule has 62 heavy (non-hydrogen) atoms.